The van der Waals surface area contributed by atoms with Gasteiger partial charge in [-0.2, -0.15) is 0 Å². The van der Waals surface area contributed by atoms with Crippen molar-refractivity contribution in [3.63, 3.8) is 0 Å². The highest BCUT2D eigenvalue weighted by atomic mass is 31.2. The summed E-state index contributed by atoms with van der Waals surface area (Å²) >= 11 is 0. The van der Waals surface area contributed by atoms with E-state index in [1.165, 1.54) is 64.2 Å². The maximum atomic E-state index is 12.5. The zero-order chi connectivity index (χ0) is 34.7. The second kappa shape index (κ2) is 34.4. The fourth-order valence-corrected chi connectivity index (χ4v) is 5.74. The van der Waals surface area contributed by atoms with Crippen molar-refractivity contribution in [2.75, 3.05) is 26.4 Å². The zero-order valence-corrected chi connectivity index (χ0v) is 30.9. The molecule has 9 nitrogen and oxygen atoms in total. The lowest BCUT2D eigenvalue weighted by molar-refractivity contribution is -0.161. The molecule has 0 aliphatic carbocycles. The van der Waals surface area contributed by atoms with Crippen LogP contribution in [0.2, 0.25) is 0 Å². The van der Waals surface area contributed by atoms with Crippen LogP contribution in [0.15, 0.2) is 24.3 Å². The normalized spacial score (nSPS) is 13.7. The lowest BCUT2D eigenvalue weighted by Gasteiger charge is -2.19. The lowest BCUT2D eigenvalue weighted by Crippen LogP contribution is -2.29. The van der Waals surface area contributed by atoms with Crippen LogP contribution in [0.1, 0.15) is 168 Å². The molecule has 0 amide bonds. The maximum absolute atomic E-state index is 12.5. The van der Waals surface area contributed by atoms with E-state index in [2.05, 4.69) is 38.2 Å². The van der Waals surface area contributed by atoms with Crippen molar-refractivity contribution >= 4 is 19.8 Å². The third-order valence-electron chi connectivity index (χ3n) is 7.81. The Balaban J connectivity index is 4.26. The summed E-state index contributed by atoms with van der Waals surface area (Å²) in [6, 6.07) is 0. The summed E-state index contributed by atoms with van der Waals surface area (Å²) in [5, 5.41) is 0. The molecule has 0 radical (unpaired) electrons. The minimum Gasteiger partial charge on any atom is -0.462 e. The molecule has 0 saturated carbocycles. The van der Waals surface area contributed by atoms with Crippen LogP contribution >= 0.6 is 7.82 Å². The summed E-state index contributed by atoms with van der Waals surface area (Å²) in [4.78, 5) is 34.6. The molecule has 0 bridgehead atoms. The quantitative estimate of drug-likeness (QED) is 0.0289. The van der Waals surface area contributed by atoms with E-state index in [4.69, 9.17) is 24.3 Å². The average molecular weight is 688 g/mol. The summed E-state index contributed by atoms with van der Waals surface area (Å²) in [7, 11) is -4.37. The van der Waals surface area contributed by atoms with E-state index in [9.17, 15) is 19.0 Å². The second-order valence-corrected chi connectivity index (χ2v) is 13.9. The molecule has 0 rings (SSSR count). The molecule has 3 N–H and O–H groups in total. The molecule has 0 aromatic carbocycles. The third kappa shape index (κ3) is 34.2. The summed E-state index contributed by atoms with van der Waals surface area (Å²) in [6.07, 6.45) is 33.5. The van der Waals surface area contributed by atoms with E-state index < -0.39 is 32.5 Å². The Morgan fingerprint density at radius 1 is 0.617 bits per heavy atom. The number of unbranched alkanes of at least 4 members (excludes halogenated alkanes) is 18. The van der Waals surface area contributed by atoms with Gasteiger partial charge >= 0.3 is 19.8 Å². The van der Waals surface area contributed by atoms with Crippen LogP contribution in [-0.2, 0) is 32.7 Å². The summed E-state index contributed by atoms with van der Waals surface area (Å²) in [5.74, 6) is -0.849. The first-order valence-corrected chi connectivity index (χ1v) is 20.3. The van der Waals surface area contributed by atoms with Crippen molar-refractivity contribution in [2.45, 2.75) is 174 Å². The Kier molecular flexibility index (Phi) is 33.3. The van der Waals surface area contributed by atoms with E-state index in [0.717, 1.165) is 70.6 Å². The molecular formula is C37H70NO8P. The Labute approximate surface area is 287 Å². The predicted octanol–water partition coefficient (Wildman–Crippen LogP) is 10.0. The van der Waals surface area contributed by atoms with Crippen LogP contribution in [0.5, 0.6) is 0 Å². The fourth-order valence-electron chi connectivity index (χ4n) is 4.97. The van der Waals surface area contributed by atoms with E-state index in [0.29, 0.717) is 6.42 Å². The van der Waals surface area contributed by atoms with Gasteiger partial charge in [0.25, 0.3) is 0 Å². The maximum Gasteiger partial charge on any atom is 0.472 e. The Morgan fingerprint density at radius 2 is 1.04 bits per heavy atom. The molecule has 0 spiro atoms. The number of nitrogens with two attached hydrogens (primary N) is 1. The first-order chi connectivity index (χ1) is 22.8. The van der Waals surface area contributed by atoms with E-state index in [-0.39, 0.29) is 32.6 Å². The standard InChI is InChI=1S/C37H70NO8P/c1-3-5-7-9-11-13-15-17-19-21-23-25-27-29-36(39)43-33-35(34-45-47(41,42)44-32-31-38)46-37(40)30-28-26-24-22-20-18-16-14-12-10-8-6-4-2/h13-16,35H,3-12,17-34,38H2,1-2H3,(H,41,42). The smallest absolute Gasteiger partial charge is 0.462 e. The van der Waals surface area contributed by atoms with Crippen LogP contribution in [-0.4, -0.2) is 49.3 Å². The van der Waals surface area contributed by atoms with Gasteiger partial charge in [0.2, 0.25) is 0 Å². The number of hydrogen-bond acceptors (Lipinski definition) is 8. The number of ether oxygens (including phenoxy) is 2. The Bertz CT molecular complexity index is 835. The molecule has 2 atom stereocenters. The number of carbonyl (C=O) groups is 2. The molecule has 0 aromatic heterocycles. The van der Waals surface area contributed by atoms with Crippen molar-refractivity contribution in [1.29, 1.82) is 0 Å². The van der Waals surface area contributed by atoms with Crippen LogP contribution in [0, 0.1) is 0 Å². The van der Waals surface area contributed by atoms with E-state index >= 15 is 0 Å². The van der Waals surface area contributed by atoms with Crippen molar-refractivity contribution in [2.24, 2.45) is 5.73 Å². The summed E-state index contributed by atoms with van der Waals surface area (Å²) in [6.45, 7) is 3.67. The van der Waals surface area contributed by atoms with Gasteiger partial charge in [0.15, 0.2) is 6.10 Å². The predicted molar refractivity (Wildman–Crippen MR) is 192 cm³/mol. The highest BCUT2D eigenvalue weighted by Gasteiger charge is 2.25. The molecule has 0 fully saturated rings. The van der Waals surface area contributed by atoms with Gasteiger partial charge in [-0.15, -0.1) is 0 Å². The fraction of sp³-hybridized carbons (Fsp3) is 0.838. The van der Waals surface area contributed by atoms with Gasteiger partial charge in [0.05, 0.1) is 13.2 Å². The van der Waals surface area contributed by atoms with Gasteiger partial charge < -0.3 is 20.1 Å². The highest BCUT2D eigenvalue weighted by Crippen LogP contribution is 2.43. The zero-order valence-electron chi connectivity index (χ0n) is 30.0. The van der Waals surface area contributed by atoms with Gasteiger partial charge in [-0.1, -0.05) is 115 Å². The number of rotatable bonds is 35. The number of carbonyl (C=O) groups excluding carboxylic acids is 2. The first-order valence-electron chi connectivity index (χ1n) is 18.8. The molecule has 0 aliphatic rings. The van der Waals surface area contributed by atoms with Crippen molar-refractivity contribution in [3.05, 3.63) is 24.3 Å². The van der Waals surface area contributed by atoms with Crippen LogP contribution in [0.25, 0.3) is 0 Å². The second-order valence-electron chi connectivity index (χ2n) is 12.4. The van der Waals surface area contributed by atoms with Gasteiger partial charge in [-0.3, -0.25) is 18.6 Å². The van der Waals surface area contributed by atoms with Crippen LogP contribution < -0.4 is 5.73 Å². The monoisotopic (exact) mass is 687 g/mol. The average Bonchev–Trinajstić information content (AvgIpc) is 3.05. The first kappa shape index (κ1) is 45.5. The van der Waals surface area contributed by atoms with Gasteiger partial charge in [-0.25, -0.2) is 4.57 Å². The number of allylic oxidation sites excluding steroid dienone is 4. The third-order valence-corrected chi connectivity index (χ3v) is 8.79. The number of phosphoric ester groups is 1. The number of phosphoric acid groups is 1. The lowest BCUT2D eigenvalue weighted by atomic mass is 10.1. The molecule has 10 heteroatoms. The molecule has 0 saturated heterocycles. The molecule has 0 aliphatic heterocycles. The van der Waals surface area contributed by atoms with Gasteiger partial charge in [0, 0.05) is 19.4 Å². The van der Waals surface area contributed by atoms with E-state index in [1.54, 1.807) is 0 Å². The molecule has 2 unspecified atom stereocenters. The summed E-state index contributed by atoms with van der Waals surface area (Å²) in [5.41, 5.74) is 5.32. The minimum atomic E-state index is -4.37. The minimum absolute atomic E-state index is 0.0516. The van der Waals surface area contributed by atoms with E-state index in [1.807, 2.05) is 0 Å². The molecule has 0 aromatic rings. The van der Waals surface area contributed by atoms with Crippen molar-refractivity contribution in [3.8, 4) is 0 Å². The highest BCUT2D eigenvalue weighted by molar-refractivity contribution is 7.47. The molecule has 47 heavy (non-hydrogen) atoms. The molecule has 0 heterocycles. The van der Waals surface area contributed by atoms with Gasteiger partial charge in [0.1, 0.15) is 6.61 Å². The SMILES string of the molecule is CCCCCCC=CCCCCCCCC(=O)OCC(COP(=O)(O)OCCN)OC(=O)CCCCCCCC=CCCCCCC. The van der Waals surface area contributed by atoms with Gasteiger partial charge in [-0.05, 0) is 64.2 Å². The van der Waals surface area contributed by atoms with Crippen molar-refractivity contribution in [1.82, 2.24) is 0 Å². The van der Waals surface area contributed by atoms with Crippen LogP contribution in [0.3, 0.4) is 0 Å². The topological polar surface area (TPSA) is 134 Å². The Hall–Kier alpha value is -1.51. The van der Waals surface area contributed by atoms with Crippen molar-refractivity contribution < 1.29 is 37.6 Å². The Morgan fingerprint density at radius 3 is 1.51 bits per heavy atom. The number of hydrogen-bond donors (Lipinski definition) is 2. The molecule has 276 valence electrons. The number of esters is 2. The molecular weight excluding hydrogens is 617 g/mol. The summed E-state index contributed by atoms with van der Waals surface area (Å²) < 4.78 is 32.6. The van der Waals surface area contributed by atoms with Crippen LogP contribution in [0.4, 0.5) is 0 Å². The largest absolute Gasteiger partial charge is 0.472 e.